The largest absolute Gasteiger partial charge is 0.395 e. The van der Waals surface area contributed by atoms with Gasteiger partial charge in [-0.3, -0.25) is 4.90 Å². The van der Waals surface area contributed by atoms with E-state index in [0.29, 0.717) is 0 Å². The van der Waals surface area contributed by atoms with Crippen molar-refractivity contribution in [3.05, 3.63) is 0 Å². The third-order valence-corrected chi connectivity index (χ3v) is 3.40. The van der Waals surface area contributed by atoms with Crippen LogP contribution in [0.25, 0.3) is 0 Å². The van der Waals surface area contributed by atoms with Crippen LogP contribution < -0.4 is 5.32 Å². The Morgan fingerprint density at radius 2 is 1.50 bits per heavy atom. The Morgan fingerprint density at radius 1 is 0.944 bits per heavy atom. The molecule has 18 heavy (non-hydrogen) atoms. The van der Waals surface area contributed by atoms with E-state index in [4.69, 9.17) is 5.11 Å². The summed E-state index contributed by atoms with van der Waals surface area (Å²) in [6.07, 6.45) is 0. The smallest absolute Gasteiger partial charge is 0.0912 e. The van der Waals surface area contributed by atoms with Crippen molar-refractivity contribution in [2.75, 3.05) is 87.7 Å². The van der Waals surface area contributed by atoms with Crippen LogP contribution in [0.2, 0.25) is 0 Å². The molecule has 0 rings (SSSR count). The zero-order chi connectivity index (χ0) is 14.0. The average molecular weight is 261 g/mol. The fourth-order valence-electron chi connectivity index (χ4n) is 1.70. The Morgan fingerprint density at radius 3 is 2.00 bits per heavy atom. The first-order valence-electron chi connectivity index (χ1n) is 6.86. The van der Waals surface area contributed by atoms with Gasteiger partial charge >= 0.3 is 0 Å². The van der Waals surface area contributed by atoms with Gasteiger partial charge in [0.15, 0.2) is 0 Å². The van der Waals surface area contributed by atoms with Crippen molar-refractivity contribution in [1.82, 2.24) is 15.1 Å². The molecule has 110 valence electrons. The molecule has 5 heteroatoms. The normalized spacial score (nSPS) is 12.7. The zero-order valence-electron chi connectivity index (χ0n) is 12.9. The Labute approximate surface area is 113 Å². The van der Waals surface area contributed by atoms with E-state index in [1.165, 1.54) is 6.54 Å². The van der Waals surface area contributed by atoms with Crippen molar-refractivity contribution in [3.63, 3.8) is 0 Å². The van der Waals surface area contributed by atoms with Crippen LogP contribution in [0.1, 0.15) is 0 Å². The molecule has 0 saturated heterocycles. The lowest BCUT2D eigenvalue weighted by atomic mass is 10.4. The number of quaternary nitrogens is 1. The molecule has 0 amide bonds. The quantitative estimate of drug-likeness (QED) is 0.475. The topological polar surface area (TPSA) is 38.7 Å². The summed E-state index contributed by atoms with van der Waals surface area (Å²) in [5.41, 5.74) is 0. The molecule has 0 fully saturated rings. The maximum Gasteiger partial charge on any atom is 0.0912 e. The fourth-order valence-corrected chi connectivity index (χ4v) is 1.70. The third kappa shape index (κ3) is 9.79. The van der Waals surface area contributed by atoms with Crippen molar-refractivity contribution in [1.29, 1.82) is 0 Å². The number of hydrogen-bond donors (Lipinski definition) is 2. The maximum absolute atomic E-state index is 8.83. The summed E-state index contributed by atoms with van der Waals surface area (Å²) in [5, 5.41) is 12.0. The maximum atomic E-state index is 8.83. The van der Waals surface area contributed by atoms with E-state index in [2.05, 4.69) is 43.3 Å². The van der Waals surface area contributed by atoms with Crippen molar-refractivity contribution in [3.8, 4) is 0 Å². The summed E-state index contributed by atoms with van der Waals surface area (Å²) in [7, 11) is 10.8. The van der Waals surface area contributed by atoms with E-state index < -0.39 is 0 Å². The number of aliphatic hydroxyl groups excluding tert-OH is 1. The lowest BCUT2D eigenvalue weighted by Gasteiger charge is -2.32. The monoisotopic (exact) mass is 261 g/mol. The van der Waals surface area contributed by atoms with Crippen LogP contribution in [0.4, 0.5) is 0 Å². The molecule has 0 aromatic rings. The second-order valence-electron chi connectivity index (χ2n) is 5.82. The lowest BCUT2D eigenvalue weighted by Crippen LogP contribution is -2.48. The molecule has 5 nitrogen and oxygen atoms in total. The summed E-state index contributed by atoms with van der Waals surface area (Å²) in [5.74, 6) is 0. The Bertz CT molecular complexity index is 199. The second kappa shape index (κ2) is 9.69. The number of aliphatic hydroxyl groups is 1. The molecule has 0 aliphatic rings. The van der Waals surface area contributed by atoms with Gasteiger partial charge in [-0.1, -0.05) is 0 Å². The highest BCUT2D eigenvalue weighted by molar-refractivity contribution is 4.56. The van der Waals surface area contributed by atoms with Gasteiger partial charge in [-0.25, -0.2) is 0 Å². The average Bonchev–Trinajstić information content (AvgIpc) is 2.32. The van der Waals surface area contributed by atoms with Crippen LogP contribution >= 0.6 is 0 Å². The molecule has 0 radical (unpaired) electrons. The number of nitrogens with zero attached hydrogens (tertiary/aromatic N) is 3. The summed E-state index contributed by atoms with van der Waals surface area (Å²) >= 11 is 0. The molecule has 0 unspecified atom stereocenters. The van der Waals surface area contributed by atoms with Gasteiger partial charge in [0.25, 0.3) is 0 Å². The third-order valence-electron chi connectivity index (χ3n) is 3.40. The van der Waals surface area contributed by atoms with Gasteiger partial charge in [0.1, 0.15) is 0 Å². The molecule has 0 atom stereocenters. The Hall–Kier alpha value is -0.200. The van der Waals surface area contributed by atoms with E-state index in [1.807, 2.05) is 7.05 Å². The summed E-state index contributed by atoms with van der Waals surface area (Å²) in [6.45, 7) is 7.59. The van der Waals surface area contributed by atoms with Crippen LogP contribution in [0.3, 0.4) is 0 Å². The summed E-state index contributed by atoms with van der Waals surface area (Å²) in [4.78, 5) is 4.53. The van der Waals surface area contributed by atoms with Crippen LogP contribution in [0, 0.1) is 0 Å². The zero-order valence-corrected chi connectivity index (χ0v) is 12.9. The highest BCUT2D eigenvalue weighted by Crippen LogP contribution is 1.97. The molecule has 0 bridgehead atoms. The summed E-state index contributed by atoms with van der Waals surface area (Å²) in [6, 6.07) is 0. The van der Waals surface area contributed by atoms with Gasteiger partial charge < -0.3 is 19.8 Å². The van der Waals surface area contributed by atoms with Crippen LogP contribution in [-0.2, 0) is 0 Å². The first-order valence-corrected chi connectivity index (χ1v) is 6.86. The van der Waals surface area contributed by atoms with Gasteiger partial charge in [0, 0.05) is 32.7 Å². The predicted molar refractivity (Wildman–Crippen MR) is 77.8 cm³/mol. The minimum Gasteiger partial charge on any atom is -0.395 e. The highest BCUT2D eigenvalue weighted by atomic mass is 16.3. The first kappa shape index (κ1) is 17.8. The van der Waals surface area contributed by atoms with Gasteiger partial charge in [0.2, 0.25) is 0 Å². The molecule has 0 saturated carbocycles. The molecule has 0 heterocycles. The molecule has 2 N–H and O–H groups in total. The second-order valence-corrected chi connectivity index (χ2v) is 5.82. The minimum atomic E-state index is 0.244. The van der Waals surface area contributed by atoms with Gasteiger partial charge in [-0.2, -0.15) is 0 Å². The Balaban J connectivity index is 3.71. The molecule has 0 aromatic carbocycles. The fraction of sp³-hybridized carbons (Fsp3) is 1.00. The molecule has 0 spiro atoms. The number of likely N-dealkylation sites (N-methyl/N-ethyl adjacent to an activating group) is 4. The number of nitrogens with one attached hydrogen (secondary N) is 1. The SMILES string of the molecule is CNCC[N+](C)(C)CCN(C)CCN(C)CCO. The van der Waals surface area contributed by atoms with Crippen LogP contribution in [0.5, 0.6) is 0 Å². The number of hydrogen-bond acceptors (Lipinski definition) is 4. The van der Waals surface area contributed by atoms with Crippen molar-refractivity contribution in [2.24, 2.45) is 0 Å². The highest BCUT2D eigenvalue weighted by Gasteiger charge is 2.14. The molecule has 0 aromatic heterocycles. The number of rotatable bonds is 11. The Kier molecular flexibility index (Phi) is 9.59. The van der Waals surface area contributed by atoms with Gasteiger partial charge in [0.05, 0.1) is 33.8 Å². The van der Waals surface area contributed by atoms with Gasteiger partial charge in [-0.05, 0) is 21.1 Å². The van der Waals surface area contributed by atoms with Crippen LogP contribution in [0.15, 0.2) is 0 Å². The van der Waals surface area contributed by atoms with E-state index >= 15 is 0 Å². The minimum absolute atomic E-state index is 0.244. The van der Waals surface area contributed by atoms with E-state index in [-0.39, 0.29) is 6.61 Å². The predicted octanol–water partition coefficient (Wildman–Crippen LogP) is -0.862. The van der Waals surface area contributed by atoms with E-state index in [0.717, 1.165) is 43.8 Å². The molecule has 0 aliphatic heterocycles. The summed E-state index contributed by atoms with van der Waals surface area (Å²) < 4.78 is 1.05. The van der Waals surface area contributed by atoms with E-state index in [9.17, 15) is 0 Å². The van der Waals surface area contributed by atoms with Gasteiger partial charge in [-0.15, -0.1) is 0 Å². The molecular formula is C13H33N4O+. The molecular weight excluding hydrogens is 228 g/mol. The van der Waals surface area contributed by atoms with Crippen LogP contribution in [-0.4, -0.2) is 107 Å². The van der Waals surface area contributed by atoms with E-state index in [1.54, 1.807) is 0 Å². The van der Waals surface area contributed by atoms with Crippen molar-refractivity contribution in [2.45, 2.75) is 0 Å². The van der Waals surface area contributed by atoms with Crippen molar-refractivity contribution >= 4 is 0 Å². The van der Waals surface area contributed by atoms with Crippen molar-refractivity contribution < 1.29 is 9.59 Å². The first-order chi connectivity index (χ1) is 8.41. The lowest BCUT2D eigenvalue weighted by molar-refractivity contribution is -0.888. The standard InChI is InChI=1S/C13H33N4O/c1-14-6-11-17(4,5)12-9-15(2)7-8-16(3)10-13-18/h14,18H,6-13H2,1-5H3/q+1. The molecule has 0 aliphatic carbocycles.